The van der Waals surface area contributed by atoms with Crippen molar-refractivity contribution in [2.24, 2.45) is 0 Å². The molecule has 1 saturated heterocycles. The maximum absolute atomic E-state index is 9.89. The Bertz CT molecular complexity index is 141. The van der Waals surface area contributed by atoms with E-state index in [4.69, 9.17) is 0 Å². The number of hydrogen-bond donors (Lipinski definition) is 2. The molecule has 1 heterocycles. The van der Waals surface area contributed by atoms with Gasteiger partial charge in [0.25, 0.3) is 0 Å². The average molecular weight is 172 g/mol. The number of rotatable bonds is 5. The van der Waals surface area contributed by atoms with Crippen molar-refractivity contribution in [1.82, 2.24) is 10.2 Å². The van der Waals surface area contributed by atoms with Gasteiger partial charge in [0.05, 0.1) is 0 Å². The summed E-state index contributed by atoms with van der Waals surface area (Å²) >= 11 is 0. The predicted molar refractivity (Wildman–Crippen MR) is 45.5 cm³/mol. The topological polar surface area (TPSA) is 52.6 Å². The molecule has 0 radical (unpaired) electrons. The van der Waals surface area contributed by atoms with Crippen molar-refractivity contribution in [3.05, 3.63) is 0 Å². The SMILES string of the molecule is O=CNCCCN1CCCC1O. The molecular weight excluding hydrogens is 156 g/mol. The summed E-state index contributed by atoms with van der Waals surface area (Å²) in [6.45, 7) is 2.57. The van der Waals surface area contributed by atoms with E-state index in [0.717, 1.165) is 32.4 Å². The number of hydrogen-bond acceptors (Lipinski definition) is 3. The summed E-state index contributed by atoms with van der Waals surface area (Å²) in [6.07, 6.45) is 3.35. The molecule has 0 aromatic rings. The fourth-order valence-corrected chi connectivity index (χ4v) is 1.51. The van der Waals surface area contributed by atoms with Gasteiger partial charge < -0.3 is 10.4 Å². The lowest BCUT2D eigenvalue weighted by Crippen LogP contribution is -2.31. The maximum Gasteiger partial charge on any atom is 0.207 e. The van der Waals surface area contributed by atoms with Gasteiger partial charge in [-0.3, -0.25) is 9.69 Å². The Morgan fingerprint density at radius 1 is 1.67 bits per heavy atom. The van der Waals surface area contributed by atoms with Crippen molar-refractivity contribution in [3.63, 3.8) is 0 Å². The molecule has 1 fully saturated rings. The molecule has 1 rings (SSSR count). The molecule has 0 aromatic carbocycles. The molecule has 0 bridgehead atoms. The molecule has 4 heteroatoms. The summed E-state index contributed by atoms with van der Waals surface area (Å²) in [5.74, 6) is 0. The quantitative estimate of drug-likeness (QED) is 0.436. The van der Waals surface area contributed by atoms with Gasteiger partial charge in [0.1, 0.15) is 6.23 Å². The van der Waals surface area contributed by atoms with Gasteiger partial charge >= 0.3 is 0 Å². The third-order valence-electron chi connectivity index (χ3n) is 2.18. The van der Waals surface area contributed by atoms with Gasteiger partial charge in [-0.05, 0) is 19.3 Å². The highest BCUT2D eigenvalue weighted by Crippen LogP contribution is 2.13. The van der Waals surface area contributed by atoms with Crippen LogP contribution in [0.4, 0.5) is 0 Å². The van der Waals surface area contributed by atoms with Crippen LogP contribution in [-0.4, -0.2) is 42.3 Å². The van der Waals surface area contributed by atoms with E-state index in [1.807, 2.05) is 4.90 Å². The Labute approximate surface area is 72.6 Å². The van der Waals surface area contributed by atoms with Crippen LogP contribution in [0.3, 0.4) is 0 Å². The molecule has 0 aliphatic carbocycles. The number of carbonyl (C=O) groups excluding carboxylic acids is 1. The molecule has 12 heavy (non-hydrogen) atoms. The predicted octanol–water partition coefficient (Wildman–Crippen LogP) is -0.463. The van der Waals surface area contributed by atoms with Crippen LogP contribution in [0.1, 0.15) is 19.3 Å². The summed E-state index contributed by atoms with van der Waals surface area (Å²) in [6, 6.07) is 0. The molecule has 2 N–H and O–H groups in total. The molecule has 0 spiro atoms. The molecule has 1 aliphatic rings. The second kappa shape index (κ2) is 5.11. The summed E-state index contributed by atoms with van der Waals surface area (Å²) in [5, 5.41) is 12.0. The van der Waals surface area contributed by atoms with Gasteiger partial charge in [-0.15, -0.1) is 0 Å². The highest BCUT2D eigenvalue weighted by Gasteiger charge is 2.20. The number of nitrogens with one attached hydrogen (secondary N) is 1. The van der Waals surface area contributed by atoms with Crippen LogP contribution < -0.4 is 5.32 Å². The zero-order valence-electron chi connectivity index (χ0n) is 7.20. The number of carbonyl (C=O) groups is 1. The molecule has 70 valence electrons. The smallest absolute Gasteiger partial charge is 0.207 e. The molecule has 1 unspecified atom stereocenters. The van der Waals surface area contributed by atoms with Crippen molar-refractivity contribution in [2.45, 2.75) is 25.5 Å². The van der Waals surface area contributed by atoms with Crippen molar-refractivity contribution in [3.8, 4) is 0 Å². The van der Waals surface area contributed by atoms with E-state index >= 15 is 0 Å². The van der Waals surface area contributed by atoms with Gasteiger partial charge in [-0.1, -0.05) is 0 Å². The molecule has 1 aliphatic heterocycles. The minimum Gasteiger partial charge on any atom is -0.378 e. The highest BCUT2D eigenvalue weighted by molar-refractivity contribution is 5.45. The first-order valence-electron chi connectivity index (χ1n) is 4.44. The van der Waals surface area contributed by atoms with Crippen molar-refractivity contribution >= 4 is 6.41 Å². The van der Waals surface area contributed by atoms with Crippen molar-refractivity contribution in [2.75, 3.05) is 19.6 Å². The lowest BCUT2D eigenvalue weighted by atomic mass is 10.4. The molecule has 1 amide bonds. The van der Waals surface area contributed by atoms with E-state index in [-0.39, 0.29) is 6.23 Å². The molecule has 1 atom stereocenters. The van der Waals surface area contributed by atoms with Crippen LogP contribution in [0.15, 0.2) is 0 Å². The van der Waals surface area contributed by atoms with Crippen LogP contribution in [0.2, 0.25) is 0 Å². The number of likely N-dealkylation sites (tertiary alicyclic amines) is 1. The minimum absolute atomic E-state index is 0.249. The Hall–Kier alpha value is -0.610. The van der Waals surface area contributed by atoms with E-state index in [2.05, 4.69) is 5.32 Å². The second-order valence-corrected chi connectivity index (χ2v) is 3.08. The summed E-state index contributed by atoms with van der Waals surface area (Å²) < 4.78 is 0. The molecule has 0 saturated carbocycles. The molecular formula is C8H16N2O2. The zero-order valence-corrected chi connectivity index (χ0v) is 7.20. The standard InChI is InChI=1S/C8H16N2O2/c11-7-9-4-2-6-10-5-1-3-8(10)12/h7-8,12H,1-6H2,(H,9,11). The number of aliphatic hydroxyl groups excluding tert-OH is 1. The second-order valence-electron chi connectivity index (χ2n) is 3.08. The van der Waals surface area contributed by atoms with Gasteiger partial charge in [0.2, 0.25) is 6.41 Å². The van der Waals surface area contributed by atoms with Crippen LogP contribution in [0.25, 0.3) is 0 Å². The van der Waals surface area contributed by atoms with E-state index in [1.54, 1.807) is 0 Å². The molecule has 0 aromatic heterocycles. The van der Waals surface area contributed by atoms with Crippen LogP contribution >= 0.6 is 0 Å². The van der Waals surface area contributed by atoms with Crippen LogP contribution in [0.5, 0.6) is 0 Å². The first-order chi connectivity index (χ1) is 5.84. The minimum atomic E-state index is -0.249. The monoisotopic (exact) mass is 172 g/mol. The number of aliphatic hydroxyl groups is 1. The van der Waals surface area contributed by atoms with Gasteiger partial charge in [-0.2, -0.15) is 0 Å². The van der Waals surface area contributed by atoms with E-state index in [1.165, 1.54) is 0 Å². The van der Waals surface area contributed by atoms with E-state index in [0.29, 0.717) is 13.0 Å². The van der Waals surface area contributed by atoms with Gasteiger partial charge in [-0.25, -0.2) is 0 Å². The fourth-order valence-electron chi connectivity index (χ4n) is 1.51. The normalized spacial score (nSPS) is 24.2. The first-order valence-corrected chi connectivity index (χ1v) is 4.44. The summed E-state index contributed by atoms with van der Waals surface area (Å²) in [4.78, 5) is 11.9. The third kappa shape index (κ3) is 2.79. The Kier molecular flexibility index (Phi) is 4.04. The molecule has 4 nitrogen and oxygen atoms in total. The lowest BCUT2D eigenvalue weighted by molar-refractivity contribution is -0.109. The van der Waals surface area contributed by atoms with Crippen molar-refractivity contribution in [1.29, 1.82) is 0 Å². The Morgan fingerprint density at radius 3 is 3.08 bits per heavy atom. The van der Waals surface area contributed by atoms with Crippen molar-refractivity contribution < 1.29 is 9.90 Å². The van der Waals surface area contributed by atoms with Gasteiger partial charge in [0.15, 0.2) is 0 Å². The zero-order chi connectivity index (χ0) is 8.81. The summed E-state index contributed by atoms with van der Waals surface area (Å²) in [7, 11) is 0. The third-order valence-corrected chi connectivity index (χ3v) is 2.18. The maximum atomic E-state index is 9.89. The number of nitrogens with zero attached hydrogens (tertiary/aromatic N) is 1. The Morgan fingerprint density at radius 2 is 2.50 bits per heavy atom. The largest absolute Gasteiger partial charge is 0.378 e. The van der Waals surface area contributed by atoms with Gasteiger partial charge in [0, 0.05) is 19.6 Å². The van der Waals surface area contributed by atoms with E-state index < -0.39 is 0 Å². The summed E-state index contributed by atoms with van der Waals surface area (Å²) in [5.41, 5.74) is 0. The lowest BCUT2D eigenvalue weighted by Gasteiger charge is -2.19. The Balaban J connectivity index is 2.02. The van der Waals surface area contributed by atoms with Crippen LogP contribution in [0, 0.1) is 0 Å². The number of amides is 1. The van der Waals surface area contributed by atoms with E-state index in [9.17, 15) is 9.90 Å². The fraction of sp³-hybridized carbons (Fsp3) is 0.875. The average Bonchev–Trinajstić information content (AvgIpc) is 2.46. The highest BCUT2D eigenvalue weighted by atomic mass is 16.3. The van der Waals surface area contributed by atoms with Crippen LogP contribution in [-0.2, 0) is 4.79 Å². The first kappa shape index (κ1) is 9.48.